The number of rotatable bonds is 2. The van der Waals surface area contributed by atoms with Crippen LogP contribution in [0.25, 0.3) is 0 Å². The number of hydrogen-bond donors (Lipinski definition) is 2. The van der Waals surface area contributed by atoms with E-state index >= 15 is 0 Å². The van der Waals surface area contributed by atoms with Gasteiger partial charge in [0.05, 0.1) is 12.2 Å². The third-order valence-electron chi connectivity index (χ3n) is 4.51. The van der Waals surface area contributed by atoms with Gasteiger partial charge in [0, 0.05) is 30.3 Å². The normalized spacial score (nSPS) is 31.6. The van der Waals surface area contributed by atoms with Gasteiger partial charge >= 0.3 is 0 Å². The highest BCUT2D eigenvalue weighted by Crippen LogP contribution is 2.34. The van der Waals surface area contributed by atoms with Crippen molar-refractivity contribution in [3.8, 4) is 0 Å². The van der Waals surface area contributed by atoms with E-state index in [1.165, 1.54) is 6.42 Å². The lowest BCUT2D eigenvalue weighted by molar-refractivity contribution is -0.139. The van der Waals surface area contributed by atoms with Gasteiger partial charge in [0.25, 0.3) is 0 Å². The SMILES string of the molecule is N[C@@H]1CC[C@H](C(=O)N2CCCC[C@H]2c2cn[nH]c2)C1. The quantitative estimate of drug-likeness (QED) is 0.850. The molecule has 1 aliphatic carbocycles. The van der Waals surface area contributed by atoms with Crippen LogP contribution >= 0.6 is 0 Å². The van der Waals surface area contributed by atoms with E-state index in [0.717, 1.165) is 44.2 Å². The molecule has 1 amide bonds. The number of amides is 1. The Morgan fingerprint density at radius 3 is 2.95 bits per heavy atom. The highest BCUT2D eigenvalue weighted by atomic mass is 16.2. The molecule has 3 rings (SSSR count). The largest absolute Gasteiger partial charge is 0.335 e. The minimum Gasteiger partial charge on any atom is -0.335 e. The molecular formula is C14H22N4O. The Kier molecular flexibility index (Phi) is 3.55. The van der Waals surface area contributed by atoms with Gasteiger partial charge in [-0.1, -0.05) is 0 Å². The Bertz CT molecular complexity index is 431. The zero-order chi connectivity index (χ0) is 13.2. The van der Waals surface area contributed by atoms with Crippen molar-refractivity contribution in [3.05, 3.63) is 18.0 Å². The van der Waals surface area contributed by atoms with E-state index < -0.39 is 0 Å². The minimum absolute atomic E-state index is 0.141. The first-order valence-corrected chi connectivity index (χ1v) is 7.30. The number of carbonyl (C=O) groups excluding carboxylic acids is 1. The van der Waals surface area contributed by atoms with E-state index in [-0.39, 0.29) is 18.0 Å². The zero-order valence-corrected chi connectivity index (χ0v) is 11.2. The number of nitrogens with two attached hydrogens (primary N) is 1. The molecule has 1 aromatic heterocycles. The van der Waals surface area contributed by atoms with E-state index in [2.05, 4.69) is 15.1 Å². The van der Waals surface area contributed by atoms with Crippen LogP contribution in [-0.4, -0.2) is 33.6 Å². The van der Waals surface area contributed by atoms with E-state index in [1.807, 2.05) is 12.4 Å². The van der Waals surface area contributed by atoms with Crippen LogP contribution < -0.4 is 5.73 Å². The van der Waals surface area contributed by atoms with Gasteiger partial charge in [-0.15, -0.1) is 0 Å². The topological polar surface area (TPSA) is 75.0 Å². The van der Waals surface area contributed by atoms with Crippen LogP contribution in [0.1, 0.15) is 50.1 Å². The Morgan fingerprint density at radius 2 is 2.26 bits per heavy atom. The van der Waals surface area contributed by atoms with E-state index in [1.54, 1.807) is 0 Å². The second-order valence-electron chi connectivity index (χ2n) is 5.84. The van der Waals surface area contributed by atoms with E-state index in [4.69, 9.17) is 5.73 Å². The zero-order valence-electron chi connectivity index (χ0n) is 11.2. The second-order valence-corrected chi connectivity index (χ2v) is 5.84. The maximum absolute atomic E-state index is 12.7. The summed E-state index contributed by atoms with van der Waals surface area (Å²) in [6, 6.07) is 0.419. The van der Waals surface area contributed by atoms with Crippen LogP contribution in [0.2, 0.25) is 0 Å². The van der Waals surface area contributed by atoms with Crippen LogP contribution in [0.15, 0.2) is 12.4 Å². The number of hydrogen-bond acceptors (Lipinski definition) is 3. The van der Waals surface area contributed by atoms with Crippen molar-refractivity contribution < 1.29 is 4.79 Å². The summed E-state index contributed by atoms with van der Waals surface area (Å²) in [5.41, 5.74) is 7.07. The van der Waals surface area contributed by atoms with Gasteiger partial charge in [-0.2, -0.15) is 5.10 Å². The van der Waals surface area contributed by atoms with Gasteiger partial charge in [-0.3, -0.25) is 9.89 Å². The predicted octanol–water partition coefficient (Wildman–Crippen LogP) is 1.59. The first-order chi connectivity index (χ1) is 9.25. The Balaban J connectivity index is 1.75. The maximum Gasteiger partial charge on any atom is 0.226 e. The maximum atomic E-state index is 12.7. The van der Waals surface area contributed by atoms with Gasteiger partial charge in [0.15, 0.2) is 0 Å². The minimum atomic E-state index is 0.141. The molecule has 3 N–H and O–H groups in total. The first-order valence-electron chi connectivity index (χ1n) is 7.30. The lowest BCUT2D eigenvalue weighted by atomic mass is 9.95. The molecule has 5 nitrogen and oxygen atoms in total. The fraction of sp³-hybridized carbons (Fsp3) is 0.714. The molecule has 1 aliphatic heterocycles. The average molecular weight is 262 g/mol. The molecule has 2 fully saturated rings. The number of nitrogens with one attached hydrogen (secondary N) is 1. The summed E-state index contributed by atoms with van der Waals surface area (Å²) in [5.74, 6) is 0.446. The molecule has 1 aromatic rings. The Labute approximate surface area is 113 Å². The van der Waals surface area contributed by atoms with Gasteiger partial charge in [-0.25, -0.2) is 0 Å². The van der Waals surface area contributed by atoms with E-state index in [9.17, 15) is 4.79 Å². The van der Waals surface area contributed by atoms with Crippen molar-refractivity contribution in [2.45, 2.75) is 50.6 Å². The van der Waals surface area contributed by atoms with Crippen molar-refractivity contribution in [1.29, 1.82) is 0 Å². The molecular weight excluding hydrogens is 240 g/mol. The van der Waals surface area contributed by atoms with Crippen LogP contribution in [0, 0.1) is 5.92 Å². The van der Waals surface area contributed by atoms with Crippen molar-refractivity contribution in [2.24, 2.45) is 11.7 Å². The third-order valence-corrected chi connectivity index (χ3v) is 4.51. The summed E-state index contributed by atoms with van der Waals surface area (Å²) in [6.07, 6.45) is 9.89. The third kappa shape index (κ3) is 2.52. The molecule has 0 aromatic carbocycles. The molecule has 0 spiro atoms. The van der Waals surface area contributed by atoms with Crippen molar-refractivity contribution >= 4 is 5.91 Å². The van der Waals surface area contributed by atoms with Crippen molar-refractivity contribution in [3.63, 3.8) is 0 Å². The highest BCUT2D eigenvalue weighted by Gasteiger charge is 2.35. The van der Waals surface area contributed by atoms with Gasteiger partial charge in [0.1, 0.15) is 0 Å². The number of nitrogens with zero attached hydrogens (tertiary/aromatic N) is 2. The second kappa shape index (κ2) is 5.33. The fourth-order valence-electron chi connectivity index (χ4n) is 3.46. The number of carbonyl (C=O) groups is 1. The summed E-state index contributed by atoms with van der Waals surface area (Å²) < 4.78 is 0. The molecule has 19 heavy (non-hydrogen) atoms. The van der Waals surface area contributed by atoms with Crippen molar-refractivity contribution in [2.75, 3.05) is 6.54 Å². The van der Waals surface area contributed by atoms with Gasteiger partial charge in [-0.05, 0) is 38.5 Å². The molecule has 1 saturated carbocycles. The molecule has 0 bridgehead atoms. The predicted molar refractivity (Wildman–Crippen MR) is 72.2 cm³/mol. The first kappa shape index (κ1) is 12.7. The summed E-state index contributed by atoms with van der Waals surface area (Å²) in [4.78, 5) is 14.8. The number of aromatic amines is 1. The molecule has 3 atom stereocenters. The Morgan fingerprint density at radius 1 is 1.37 bits per heavy atom. The lowest BCUT2D eigenvalue weighted by Gasteiger charge is -2.37. The number of likely N-dealkylation sites (tertiary alicyclic amines) is 1. The van der Waals surface area contributed by atoms with Crippen LogP contribution in [-0.2, 0) is 4.79 Å². The highest BCUT2D eigenvalue weighted by molar-refractivity contribution is 5.79. The standard InChI is InChI=1S/C14H22N4O/c15-12-5-4-10(7-12)14(19)18-6-2-1-3-13(18)11-8-16-17-9-11/h8-10,12-13H,1-7,15H2,(H,16,17)/t10-,12+,13-/m0/s1. The summed E-state index contributed by atoms with van der Waals surface area (Å²) in [6.45, 7) is 0.875. The number of aromatic nitrogens is 2. The lowest BCUT2D eigenvalue weighted by Crippen LogP contribution is -2.41. The summed E-state index contributed by atoms with van der Waals surface area (Å²) in [7, 11) is 0. The van der Waals surface area contributed by atoms with Crippen LogP contribution in [0.4, 0.5) is 0 Å². The number of piperidine rings is 1. The molecule has 2 aliphatic rings. The van der Waals surface area contributed by atoms with Crippen molar-refractivity contribution in [1.82, 2.24) is 15.1 Å². The smallest absolute Gasteiger partial charge is 0.226 e. The monoisotopic (exact) mass is 262 g/mol. The molecule has 0 unspecified atom stereocenters. The number of H-pyrrole nitrogens is 1. The van der Waals surface area contributed by atoms with Gasteiger partial charge in [0.2, 0.25) is 5.91 Å². The molecule has 1 saturated heterocycles. The van der Waals surface area contributed by atoms with Crippen LogP contribution in [0.5, 0.6) is 0 Å². The molecule has 104 valence electrons. The molecule has 2 heterocycles. The molecule has 0 radical (unpaired) electrons. The Hall–Kier alpha value is -1.36. The van der Waals surface area contributed by atoms with Gasteiger partial charge < -0.3 is 10.6 Å². The summed E-state index contributed by atoms with van der Waals surface area (Å²) >= 11 is 0. The molecule has 5 heteroatoms. The summed E-state index contributed by atoms with van der Waals surface area (Å²) in [5, 5.41) is 6.87. The van der Waals surface area contributed by atoms with Crippen LogP contribution in [0.3, 0.4) is 0 Å². The van der Waals surface area contributed by atoms with E-state index in [0.29, 0.717) is 5.91 Å². The fourth-order valence-corrected chi connectivity index (χ4v) is 3.46. The average Bonchev–Trinajstić information content (AvgIpc) is 3.09.